The Morgan fingerprint density at radius 3 is 2.73 bits per heavy atom. The van der Waals surface area contributed by atoms with Gasteiger partial charge in [-0.15, -0.1) is 0 Å². The van der Waals surface area contributed by atoms with E-state index in [0.717, 1.165) is 49.5 Å². The fraction of sp³-hybridized carbons (Fsp3) is 0.647. The molecule has 2 aliphatic heterocycles. The average molecular weight is 546 g/mol. The molecule has 2 aromatic carbocycles. The molecule has 7 atom stereocenters. The topological polar surface area (TPSA) is 71.4 Å². The van der Waals surface area contributed by atoms with Crippen LogP contribution in [0.3, 0.4) is 0 Å². The molecule has 4 unspecified atom stereocenters. The van der Waals surface area contributed by atoms with Gasteiger partial charge in [0.2, 0.25) is 0 Å². The minimum atomic E-state index is -0.782. The number of hydrogen-bond donors (Lipinski definition) is 2. The lowest BCUT2D eigenvalue weighted by molar-refractivity contribution is -0.283. The van der Waals surface area contributed by atoms with Crippen LogP contribution in [0.15, 0.2) is 42.5 Å². The Hall–Kier alpha value is -1.96. The molecule has 4 saturated carbocycles. The molecule has 2 heterocycles. The first-order valence-electron chi connectivity index (χ1n) is 15.6. The Kier molecular flexibility index (Phi) is 5.96. The summed E-state index contributed by atoms with van der Waals surface area (Å²) in [5.74, 6) is 2.12. The third kappa shape index (κ3) is 3.40. The van der Waals surface area contributed by atoms with Crippen molar-refractivity contribution in [1.29, 1.82) is 0 Å². The first-order valence-corrected chi connectivity index (χ1v) is 15.6. The highest BCUT2D eigenvalue weighted by Crippen LogP contribution is 2.76. The SMILES string of the molecule is COC12CCC3(C[C@@H]1COCc1ccccc1)[C@H]1Cc4ccc(CC(O)CO)c5c4C3(CCN1CC1CC1)[C@H]2O5. The smallest absolute Gasteiger partial charge is 0.138 e. The molecule has 1 saturated heterocycles. The standard InChI is InChI=1S/C34H43NO5/c1-38-34-12-11-32(17-26(34)21-39-20-23-5-3-2-4-6-23)28-16-24-9-10-25(15-27(37)19-36)30-29(24)33(32,31(34)40-30)13-14-35(28)18-22-7-8-22/h2-6,9-10,22,26-28,31,36-37H,7-8,11-21H2,1H3/t26-,27?,28-,31-,32?,33?,34?/m1/s1. The number of hydrogen-bond acceptors (Lipinski definition) is 6. The summed E-state index contributed by atoms with van der Waals surface area (Å²) in [5.41, 5.74) is 4.77. The monoisotopic (exact) mass is 545 g/mol. The summed E-state index contributed by atoms with van der Waals surface area (Å²) in [4.78, 5) is 2.87. The zero-order chi connectivity index (χ0) is 27.1. The van der Waals surface area contributed by atoms with Gasteiger partial charge in [-0.05, 0) is 74.1 Å². The molecule has 0 amide bonds. The molecular weight excluding hydrogens is 502 g/mol. The Labute approximate surface area is 237 Å². The van der Waals surface area contributed by atoms with Gasteiger partial charge in [-0.2, -0.15) is 0 Å². The van der Waals surface area contributed by atoms with Crippen LogP contribution in [0.25, 0.3) is 0 Å². The van der Waals surface area contributed by atoms with Gasteiger partial charge < -0.3 is 24.4 Å². The number of aliphatic hydroxyl groups excluding tert-OH is 2. The van der Waals surface area contributed by atoms with Crippen molar-refractivity contribution in [2.24, 2.45) is 17.3 Å². The summed E-state index contributed by atoms with van der Waals surface area (Å²) in [7, 11) is 1.89. The number of likely N-dealkylation sites (tertiary alicyclic amines) is 1. The molecular formula is C34H43NO5. The number of benzene rings is 2. The molecule has 6 heteroatoms. The van der Waals surface area contributed by atoms with Gasteiger partial charge in [0.05, 0.1) is 25.9 Å². The maximum atomic E-state index is 10.4. The van der Waals surface area contributed by atoms with Gasteiger partial charge in [0.1, 0.15) is 17.5 Å². The van der Waals surface area contributed by atoms with Crippen LogP contribution < -0.4 is 4.74 Å². The van der Waals surface area contributed by atoms with Crippen molar-refractivity contribution in [2.75, 3.05) is 33.4 Å². The molecule has 4 bridgehead atoms. The molecule has 6 nitrogen and oxygen atoms in total. The lowest BCUT2D eigenvalue weighted by Crippen LogP contribution is -2.81. The number of methoxy groups -OCH3 is 1. The summed E-state index contributed by atoms with van der Waals surface area (Å²) in [6, 6.07) is 15.5. The van der Waals surface area contributed by atoms with E-state index >= 15 is 0 Å². The van der Waals surface area contributed by atoms with E-state index in [1.807, 2.05) is 7.11 Å². The van der Waals surface area contributed by atoms with Crippen molar-refractivity contribution in [1.82, 2.24) is 4.90 Å². The Bertz CT molecular complexity index is 1280. The Morgan fingerprint density at radius 2 is 1.95 bits per heavy atom. The van der Waals surface area contributed by atoms with Gasteiger partial charge in [0.25, 0.3) is 0 Å². The quantitative estimate of drug-likeness (QED) is 0.470. The van der Waals surface area contributed by atoms with Crippen molar-refractivity contribution in [3.8, 4) is 5.75 Å². The van der Waals surface area contributed by atoms with E-state index in [0.29, 0.717) is 25.7 Å². The molecule has 0 radical (unpaired) electrons. The molecule has 9 rings (SSSR count). The maximum Gasteiger partial charge on any atom is 0.138 e. The third-order valence-electron chi connectivity index (χ3n) is 12.0. The number of nitrogens with zero attached hydrogens (tertiary/aromatic N) is 1. The fourth-order valence-corrected chi connectivity index (χ4v) is 10.2. The van der Waals surface area contributed by atoms with E-state index in [9.17, 15) is 10.2 Å². The minimum absolute atomic E-state index is 0.0510. The molecule has 2 spiro atoms. The van der Waals surface area contributed by atoms with Crippen LogP contribution in [0.2, 0.25) is 0 Å². The van der Waals surface area contributed by atoms with Crippen LogP contribution in [-0.4, -0.2) is 72.4 Å². The van der Waals surface area contributed by atoms with Crippen LogP contribution >= 0.6 is 0 Å². The van der Waals surface area contributed by atoms with E-state index in [-0.39, 0.29) is 29.5 Å². The normalized spacial score (nSPS) is 37.7. The highest BCUT2D eigenvalue weighted by molar-refractivity contribution is 5.61. The molecule has 5 aliphatic carbocycles. The summed E-state index contributed by atoms with van der Waals surface area (Å²) in [5, 5.41) is 20.1. The number of rotatable bonds is 10. The highest BCUT2D eigenvalue weighted by Gasteiger charge is 2.80. The van der Waals surface area contributed by atoms with Gasteiger partial charge >= 0.3 is 0 Å². The predicted octanol–water partition coefficient (Wildman–Crippen LogP) is 4.02. The number of aliphatic hydroxyl groups is 2. The summed E-state index contributed by atoms with van der Waals surface area (Å²) in [6.07, 6.45) is 7.81. The van der Waals surface area contributed by atoms with Crippen LogP contribution in [-0.2, 0) is 34.3 Å². The average Bonchev–Trinajstić information content (AvgIpc) is 3.72. The maximum absolute atomic E-state index is 10.4. The first-order chi connectivity index (χ1) is 19.5. The van der Waals surface area contributed by atoms with E-state index in [1.54, 1.807) is 0 Å². The van der Waals surface area contributed by atoms with Gasteiger partial charge in [0, 0.05) is 48.4 Å². The van der Waals surface area contributed by atoms with Crippen LogP contribution in [0.4, 0.5) is 0 Å². The summed E-state index contributed by atoms with van der Waals surface area (Å²) >= 11 is 0. The predicted molar refractivity (Wildman–Crippen MR) is 151 cm³/mol. The zero-order valence-electron chi connectivity index (χ0n) is 23.7. The summed E-state index contributed by atoms with van der Waals surface area (Å²) < 4.78 is 20.3. The number of ether oxygens (including phenoxy) is 3. The van der Waals surface area contributed by atoms with Crippen LogP contribution in [0.5, 0.6) is 5.75 Å². The second-order valence-electron chi connectivity index (χ2n) is 13.7. The van der Waals surface area contributed by atoms with E-state index in [2.05, 4.69) is 47.4 Å². The highest BCUT2D eigenvalue weighted by atomic mass is 16.6. The molecule has 2 N–H and O–H groups in total. The van der Waals surface area contributed by atoms with Gasteiger partial charge in [-0.1, -0.05) is 42.5 Å². The van der Waals surface area contributed by atoms with Crippen molar-refractivity contribution in [3.05, 3.63) is 64.7 Å². The Balaban J connectivity index is 1.22. The van der Waals surface area contributed by atoms with E-state index in [1.165, 1.54) is 42.5 Å². The third-order valence-corrected chi connectivity index (χ3v) is 12.0. The van der Waals surface area contributed by atoms with Crippen molar-refractivity contribution in [3.63, 3.8) is 0 Å². The first kappa shape index (κ1) is 25.7. The second kappa shape index (κ2) is 9.27. The number of piperidine rings is 1. The molecule has 214 valence electrons. The van der Waals surface area contributed by atoms with Crippen molar-refractivity contribution < 1.29 is 24.4 Å². The lowest BCUT2D eigenvalue weighted by atomic mass is 9.35. The largest absolute Gasteiger partial charge is 0.486 e. The zero-order valence-corrected chi connectivity index (χ0v) is 23.7. The molecule has 0 aromatic heterocycles. The Morgan fingerprint density at radius 1 is 1.10 bits per heavy atom. The lowest BCUT2D eigenvalue weighted by Gasteiger charge is -2.74. The molecule has 40 heavy (non-hydrogen) atoms. The van der Waals surface area contributed by atoms with Gasteiger partial charge in [-0.25, -0.2) is 0 Å². The molecule has 7 aliphatic rings. The van der Waals surface area contributed by atoms with Gasteiger partial charge in [-0.3, -0.25) is 4.90 Å². The van der Waals surface area contributed by atoms with Crippen molar-refractivity contribution >= 4 is 0 Å². The minimum Gasteiger partial charge on any atom is -0.486 e. The summed E-state index contributed by atoms with van der Waals surface area (Å²) in [6.45, 7) is 3.42. The van der Waals surface area contributed by atoms with E-state index in [4.69, 9.17) is 14.2 Å². The van der Waals surface area contributed by atoms with Gasteiger partial charge in [0.15, 0.2) is 0 Å². The van der Waals surface area contributed by atoms with Crippen molar-refractivity contribution in [2.45, 2.75) is 87.2 Å². The van der Waals surface area contributed by atoms with Crippen LogP contribution in [0.1, 0.15) is 60.8 Å². The second-order valence-corrected chi connectivity index (χ2v) is 13.7. The molecule has 2 aromatic rings. The van der Waals surface area contributed by atoms with Crippen LogP contribution in [0, 0.1) is 17.3 Å². The molecule has 5 fully saturated rings. The van der Waals surface area contributed by atoms with E-state index < -0.39 is 11.7 Å². The number of fused-ring (bicyclic) bond motifs is 2. The fourth-order valence-electron chi connectivity index (χ4n) is 10.2.